The Bertz CT molecular complexity index is 916. The summed E-state index contributed by atoms with van der Waals surface area (Å²) in [6, 6.07) is 14.8. The number of aromatic nitrogens is 3. The van der Waals surface area contributed by atoms with Crippen LogP contribution in [0.1, 0.15) is 23.2 Å². The highest BCUT2D eigenvalue weighted by Crippen LogP contribution is 2.22. The van der Waals surface area contributed by atoms with E-state index in [2.05, 4.69) is 27.3 Å². The topological polar surface area (TPSA) is 72.3 Å². The molecule has 0 aliphatic carbocycles. The van der Waals surface area contributed by atoms with Gasteiger partial charge in [-0.3, -0.25) is 4.79 Å². The molecule has 0 spiro atoms. The number of piperidine rings is 1. The van der Waals surface area contributed by atoms with Crippen LogP contribution in [0.4, 0.5) is 5.69 Å². The Morgan fingerprint density at radius 1 is 1.11 bits per heavy atom. The first kappa shape index (κ1) is 18.2. The number of carbonyl (C=O) groups is 1. The van der Waals surface area contributed by atoms with Gasteiger partial charge in [-0.05, 0) is 56.3 Å². The maximum absolute atomic E-state index is 12.8. The number of nitrogens with zero attached hydrogens (tertiary/aromatic N) is 4. The lowest BCUT2D eigenvalue weighted by Gasteiger charge is -2.29. The Morgan fingerprint density at radius 2 is 1.86 bits per heavy atom. The highest BCUT2D eigenvalue weighted by Gasteiger charge is 2.18. The van der Waals surface area contributed by atoms with Crippen LogP contribution in [0.15, 0.2) is 61.2 Å². The monoisotopic (exact) mass is 377 g/mol. The Balaban J connectivity index is 1.42. The van der Waals surface area contributed by atoms with E-state index in [1.807, 2.05) is 42.5 Å². The smallest absolute Gasteiger partial charge is 0.257 e. The number of para-hydroxylation sites is 1. The Hall–Kier alpha value is -3.19. The van der Waals surface area contributed by atoms with Crippen molar-refractivity contribution in [3.8, 4) is 11.4 Å². The molecule has 7 heteroatoms. The van der Waals surface area contributed by atoms with Gasteiger partial charge in [0.1, 0.15) is 24.5 Å². The van der Waals surface area contributed by atoms with Crippen molar-refractivity contribution >= 4 is 11.6 Å². The molecular formula is C21H23N5O2. The van der Waals surface area contributed by atoms with E-state index in [-0.39, 0.29) is 12.0 Å². The van der Waals surface area contributed by atoms with E-state index in [1.54, 1.807) is 17.1 Å². The second-order valence-corrected chi connectivity index (χ2v) is 6.96. The number of ether oxygens (including phenoxy) is 1. The number of rotatable bonds is 5. The van der Waals surface area contributed by atoms with Crippen LogP contribution in [-0.4, -0.2) is 51.8 Å². The third kappa shape index (κ3) is 4.20. The maximum atomic E-state index is 12.8. The van der Waals surface area contributed by atoms with Crippen molar-refractivity contribution in [3.05, 3.63) is 66.7 Å². The number of carbonyl (C=O) groups excluding carboxylic acids is 1. The molecule has 0 unspecified atom stereocenters. The lowest BCUT2D eigenvalue weighted by Crippen LogP contribution is -2.35. The molecule has 0 saturated carbocycles. The van der Waals surface area contributed by atoms with Crippen LogP contribution in [0.25, 0.3) is 5.69 Å². The number of nitrogens with one attached hydrogen (secondary N) is 1. The number of amides is 1. The second-order valence-electron chi connectivity index (χ2n) is 6.96. The van der Waals surface area contributed by atoms with Gasteiger partial charge in [0, 0.05) is 18.8 Å². The van der Waals surface area contributed by atoms with Crippen molar-refractivity contribution < 1.29 is 9.53 Å². The summed E-state index contributed by atoms with van der Waals surface area (Å²) in [6.07, 6.45) is 5.34. The molecule has 7 nitrogen and oxygen atoms in total. The molecule has 0 bridgehead atoms. The fourth-order valence-corrected chi connectivity index (χ4v) is 3.31. The van der Waals surface area contributed by atoms with Gasteiger partial charge in [0.2, 0.25) is 0 Å². The number of likely N-dealkylation sites (tertiary alicyclic amines) is 1. The summed E-state index contributed by atoms with van der Waals surface area (Å²) in [5.74, 6) is 0.630. The zero-order chi connectivity index (χ0) is 19.3. The van der Waals surface area contributed by atoms with E-state index in [1.165, 1.54) is 6.33 Å². The Morgan fingerprint density at radius 3 is 2.57 bits per heavy atom. The average Bonchev–Trinajstić information content (AvgIpc) is 3.26. The van der Waals surface area contributed by atoms with Crippen LogP contribution in [-0.2, 0) is 0 Å². The molecule has 1 N–H and O–H groups in total. The molecule has 2 heterocycles. The first-order valence-corrected chi connectivity index (χ1v) is 9.40. The minimum absolute atomic E-state index is 0.199. The number of hydrogen-bond donors (Lipinski definition) is 1. The van der Waals surface area contributed by atoms with Crippen LogP contribution >= 0.6 is 0 Å². The van der Waals surface area contributed by atoms with Crippen molar-refractivity contribution in [1.29, 1.82) is 0 Å². The molecule has 144 valence electrons. The van der Waals surface area contributed by atoms with Gasteiger partial charge in [0.15, 0.2) is 0 Å². The van der Waals surface area contributed by atoms with Gasteiger partial charge in [-0.1, -0.05) is 12.1 Å². The minimum atomic E-state index is -0.199. The molecule has 1 aliphatic heterocycles. The van der Waals surface area contributed by atoms with Gasteiger partial charge in [-0.15, -0.1) is 0 Å². The Labute approximate surface area is 164 Å². The van der Waals surface area contributed by atoms with Crippen LogP contribution in [0.3, 0.4) is 0 Å². The van der Waals surface area contributed by atoms with Crippen LogP contribution in [0.5, 0.6) is 5.75 Å². The number of anilines is 1. The van der Waals surface area contributed by atoms with E-state index in [4.69, 9.17) is 4.74 Å². The minimum Gasteiger partial charge on any atom is -0.490 e. The zero-order valence-corrected chi connectivity index (χ0v) is 15.8. The van der Waals surface area contributed by atoms with Gasteiger partial charge in [0.05, 0.1) is 11.3 Å². The SMILES string of the molecule is CN1CCC(Oc2ccc(NC(=O)c3ccccc3-n3cncn3)cc2)CC1. The van der Waals surface area contributed by atoms with Crippen LogP contribution in [0.2, 0.25) is 0 Å². The summed E-state index contributed by atoms with van der Waals surface area (Å²) < 4.78 is 7.64. The summed E-state index contributed by atoms with van der Waals surface area (Å²) >= 11 is 0. The normalized spacial score (nSPS) is 15.3. The molecule has 28 heavy (non-hydrogen) atoms. The van der Waals surface area contributed by atoms with Gasteiger partial charge in [-0.25, -0.2) is 9.67 Å². The molecule has 1 saturated heterocycles. The van der Waals surface area contributed by atoms with E-state index in [0.717, 1.165) is 31.7 Å². The van der Waals surface area contributed by atoms with Crippen LogP contribution in [0, 0.1) is 0 Å². The molecule has 4 rings (SSSR count). The average molecular weight is 377 g/mol. The van der Waals surface area contributed by atoms with Gasteiger partial charge >= 0.3 is 0 Å². The third-order valence-corrected chi connectivity index (χ3v) is 4.89. The summed E-state index contributed by atoms with van der Waals surface area (Å²) in [6.45, 7) is 2.12. The van der Waals surface area contributed by atoms with Gasteiger partial charge in [0.25, 0.3) is 5.91 Å². The molecule has 1 aromatic heterocycles. The fraction of sp³-hybridized carbons (Fsp3) is 0.286. The lowest BCUT2D eigenvalue weighted by molar-refractivity contribution is 0.102. The Kier molecular flexibility index (Phi) is 5.34. The molecule has 1 amide bonds. The highest BCUT2D eigenvalue weighted by molar-refractivity contribution is 6.06. The molecule has 2 aromatic carbocycles. The number of hydrogen-bond acceptors (Lipinski definition) is 5. The molecule has 0 atom stereocenters. The van der Waals surface area contributed by atoms with Crippen molar-refractivity contribution in [2.24, 2.45) is 0 Å². The third-order valence-electron chi connectivity index (χ3n) is 4.89. The highest BCUT2D eigenvalue weighted by atomic mass is 16.5. The van der Waals surface area contributed by atoms with Crippen molar-refractivity contribution in [2.75, 3.05) is 25.5 Å². The van der Waals surface area contributed by atoms with Crippen molar-refractivity contribution in [3.63, 3.8) is 0 Å². The van der Waals surface area contributed by atoms with Crippen molar-refractivity contribution in [2.45, 2.75) is 18.9 Å². The predicted molar refractivity (Wildman–Crippen MR) is 107 cm³/mol. The quantitative estimate of drug-likeness (QED) is 0.740. The largest absolute Gasteiger partial charge is 0.490 e. The summed E-state index contributed by atoms with van der Waals surface area (Å²) in [5, 5.41) is 7.05. The molecule has 0 radical (unpaired) electrons. The van der Waals surface area contributed by atoms with Crippen molar-refractivity contribution in [1.82, 2.24) is 19.7 Å². The van der Waals surface area contributed by atoms with Gasteiger partial charge in [-0.2, -0.15) is 5.10 Å². The van der Waals surface area contributed by atoms with Crippen LogP contribution < -0.4 is 10.1 Å². The standard InChI is InChI=1S/C21H23N5O2/c1-25-12-10-18(11-13-25)28-17-8-6-16(7-9-17)24-21(27)19-4-2-3-5-20(19)26-15-22-14-23-26/h2-9,14-15,18H,10-13H2,1H3,(H,24,27). The lowest BCUT2D eigenvalue weighted by atomic mass is 10.1. The summed E-state index contributed by atoms with van der Waals surface area (Å²) in [5.41, 5.74) is 1.92. The predicted octanol–water partition coefficient (Wildman–Crippen LogP) is 2.99. The summed E-state index contributed by atoms with van der Waals surface area (Å²) in [4.78, 5) is 19.0. The maximum Gasteiger partial charge on any atom is 0.257 e. The summed E-state index contributed by atoms with van der Waals surface area (Å²) in [7, 11) is 2.13. The fourth-order valence-electron chi connectivity index (χ4n) is 3.31. The van der Waals surface area contributed by atoms with Gasteiger partial charge < -0.3 is 15.0 Å². The van der Waals surface area contributed by atoms with E-state index in [0.29, 0.717) is 16.9 Å². The molecule has 1 aliphatic rings. The first-order chi connectivity index (χ1) is 13.7. The van der Waals surface area contributed by atoms with E-state index in [9.17, 15) is 4.79 Å². The number of benzene rings is 2. The second kappa shape index (κ2) is 8.22. The molecule has 1 fully saturated rings. The zero-order valence-electron chi connectivity index (χ0n) is 15.8. The van der Waals surface area contributed by atoms with E-state index < -0.39 is 0 Å². The first-order valence-electron chi connectivity index (χ1n) is 9.40. The molecule has 3 aromatic rings. The van der Waals surface area contributed by atoms with E-state index >= 15 is 0 Å². The molecular weight excluding hydrogens is 354 g/mol.